The molecule has 0 fully saturated rings. The molecule has 1 aromatic rings. The third-order valence-corrected chi connectivity index (χ3v) is 6.48. The molecule has 0 aromatic heterocycles. The van der Waals surface area contributed by atoms with Gasteiger partial charge in [0.25, 0.3) is 0 Å². The highest BCUT2D eigenvalue weighted by atomic mass is 32.2. The fraction of sp³-hybridized carbons (Fsp3) is 0.679. The number of para-hydroxylation sites is 1. The lowest BCUT2D eigenvalue weighted by atomic mass is 9.98. The Kier molecular flexibility index (Phi) is 14.5. The minimum Gasteiger partial charge on any atom is -0.507 e. The molecule has 37 heavy (non-hydrogen) atoms. The van der Waals surface area contributed by atoms with Crippen molar-refractivity contribution < 1.29 is 24.2 Å². The zero-order valence-electron chi connectivity index (χ0n) is 23.7. The molecule has 8 nitrogen and oxygen atoms in total. The number of hydrogen-bond acceptors (Lipinski definition) is 6. The number of thioether (sulfide) groups is 1. The van der Waals surface area contributed by atoms with Gasteiger partial charge < -0.3 is 25.4 Å². The van der Waals surface area contributed by atoms with E-state index >= 15 is 0 Å². The van der Waals surface area contributed by atoms with Crippen molar-refractivity contribution in [3.8, 4) is 5.75 Å². The SMILES string of the molecule is CCCCCN(C(=O)C(CCSC)NC(=O)OC(C)(C)C)C(C(=O)NCCCC)c1cccc(C)c1O. The van der Waals surface area contributed by atoms with Crippen LogP contribution in [0.1, 0.15) is 90.3 Å². The van der Waals surface area contributed by atoms with Gasteiger partial charge in [0, 0.05) is 18.7 Å². The summed E-state index contributed by atoms with van der Waals surface area (Å²) in [6.45, 7) is 11.9. The molecule has 0 aliphatic carbocycles. The summed E-state index contributed by atoms with van der Waals surface area (Å²) in [4.78, 5) is 41.8. The summed E-state index contributed by atoms with van der Waals surface area (Å²) in [5.41, 5.74) is 0.280. The number of hydrogen-bond donors (Lipinski definition) is 3. The van der Waals surface area contributed by atoms with Gasteiger partial charge in [0.05, 0.1) is 0 Å². The predicted molar refractivity (Wildman–Crippen MR) is 151 cm³/mol. The molecule has 3 N–H and O–H groups in total. The van der Waals surface area contributed by atoms with Crippen LogP contribution in [-0.4, -0.2) is 64.7 Å². The lowest BCUT2D eigenvalue weighted by Gasteiger charge is -2.35. The van der Waals surface area contributed by atoms with Crippen molar-refractivity contribution in [3.05, 3.63) is 29.3 Å². The molecule has 0 bridgehead atoms. The third-order valence-electron chi connectivity index (χ3n) is 5.84. The Morgan fingerprint density at radius 3 is 2.38 bits per heavy atom. The molecule has 0 heterocycles. The lowest BCUT2D eigenvalue weighted by molar-refractivity contribution is -0.142. The van der Waals surface area contributed by atoms with Gasteiger partial charge in [-0.25, -0.2) is 4.79 Å². The average molecular weight is 538 g/mol. The van der Waals surface area contributed by atoms with Gasteiger partial charge >= 0.3 is 6.09 Å². The Morgan fingerprint density at radius 1 is 1.11 bits per heavy atom. The second-order valence-electron chi connectivity index (χ2n) is 10.3. The van der Waals surface area contributed by atoms with E-state index in [9.17, 15) is 19.5 Å². The number of benzene rings is 1. The maximum Gasteiger partial charge on any atom is 0.408 e. The standard InChI is InChI=1S/C28H47N3O5S/c1-8-10-12-18-31(26(34)22(16-19-37-7)30-27(35)36-28(4,5)6)23(25(33)29-17-11-9-2)21-15-13-14-20(3)24(21)32/h13-15,22-23,32H,8-12,16-19H2,1-7H3,(H,29,33)(H,30,35). The number of amides is 3. The van der Waals surface area contributed by atoms with Gasteiger partial charge in [-0.15, -0.1) is 0 Å². The molecule has 2 unspecified atom stereocenters. The number of rotatable bonds is 15. The van der Waals surface area contributed by atoms with Gasteiger partial charge in [0.2, 0.25) is 11.8 Å². The quantitative estimate of drug-likeness (QED) is 0.261. The number of nitrogens with zero attached hydrogens (tertiary/aromatic N) is 1. The summed E-state index contributed by atoms with van der Waals surface area (Å²) in [5, 5.41) is 16.6. The minimum atomic E-state index is -1.03. The highest BCUT2D eigenvalue weighted by molar-refractivity contribution is 7.98. The summed E-state index contributed by atoms with van der Waals surface area (Å²) in [7, 11) is 0. The molecule has 1 aromatic carbocycles. The van der Waals surface area contributed by atoms with Gasteiger partial charge in [-0.3, -0.25) is 9.59 Å². The molecule has 0 spiro atoms. The second-order valence-corrected chi connectivity index (χ2v) is 11.3. The molecule has 0 aliphatic heterocycles. The van der Waals surface area contributed by atoms with Crippen LogP contribution in [0.5, 0.6) is 5.75 Å². The van der Waals surface area contributed by atoms with Gasteiger partial charge in [-0.2, -0.15) is 11.8 Å². The number of nitrogens with one attached hydrogen (secondary N) is 2. The zero-order valence-corrected chi connectivity index (χ0v) is 24.5. The van der Waals surface area contributed by atoms with Crippen LogP contribution in [0, 0.1) is 6.92 Å². The van der Waals surface area contributed by atoms with E-state index in [0.717, 1.165) is 25.7 Å². The molecular formula is C28H47N3O5S. The summed E-state index contributed by atoms with van der Waals surface area (Å²) in [6.07, 6.45) is 5.86. The van der Waals surface area contributed by atoms with Gasteiger partial charge in [0.15, 0.2) is 0 Å². The van der Waals surface area contributed by atoms with Crippen molar-refractivity contribution in [2.24, 2.45) is 0 Å². The van der Waals surface area contributed by atoms with Gasteiger partial charge in [-0.1, -0.05) is 51.3 Å². The molecular weight excluding hydrogens is 490 g/mol. The summed E-state index contributed by atoms with van der Waals surface area (Å²) < 4.78 is 5.42. The van der Waals surface area contributed by atoms with Crippen molar-refractivity contribution in [1.29, 1.82) is 0 Å². The Labute approximate surface area is 227 Å². The Morgan fingerprint density at radius 2 is 1.78 bits per heavy atom. The van der Waals surface area contributed by atoms with E-state index in [1.165, 1.54) is 4.90 Å². The van der Waals surface area contributed by atoms with E-state index in [2.05, 4.69) is 17.6 Å². The van der Waals surface area contributed by atoms with Gasteiger partial charge in [-0.05, 0) is 64.5 Å². The van der Waals surface area contributed by atoms with Crippen molar-refractivity contribution in [2.45, 2.75) is 97.8 Å². The van der Waals surface area contributed by atoms with Crippen molar-refractivity contribution in [3.63, 3.8) is 0 Å². The van der Waals surface area contributed by atoms with Crippen molar-refractivity contribution >= 4 is 29.7 Å². The zero-order chi connectivity index (χ0) is 28.0. The van der Waals surface area contributed by atoms with E-state index < -0.39 is 23.8 Å². The van der Waals surface area contributed by atoms with Crippen molar-refractivity contribution in [1.82, 2.24) is 15.5 Å². The molecule has 0 aliphatic rings. The Balaban J connectivity index is 3.50. The molecule has 2 atom stereocenters. The van der Waals surface area contributed by atoms with Crippen LogP contribution in [0.25, 0.3) is 0 Å². The summed E-state index contributed by atoms with van der Waals surface area (Å²) in [5.74, 6) is -0.0854. The highest BCUT2D eigenvalue weighted by Gasteiger charge is 2.37. The fourth-order valence-corrected chi connectivity index (χ4v) is 4.35. The Bertz CT molecular complexity index is 872. The van der Waals surface area contributed by atoms with Crippen molar-refractivity contribution in [2.75, 3.05) is 25.1 Å². The number of phenols is 1. The molecule has 9 heteroatoms. The molecule has 3 amide bonds. The number of unbranched alkanes of at least 4 members (excludes halogenated alkanes) is 3. The highest BCUT2D eigenvalue weighted by Crippen LogP contribution is 2.32. The second kappa shape index (κ2) is 16.4. The number of carbonyl (C=O) groups is 3. The maximum absolute atomic E-state index is 14.1. The van der Waals surface area contributed by atoms with E-state index in [-0.39, 0.29) is 17.6 Å². The number of aromatic hydroxyl groups is 1. The first-order chi connectivity index (χ1) is 17.5. The normalized spacial score (nSPS) is 12.9. The fourth-order valence-electron chi connectivity index (χ4n) is 3.88. The van der Waals surface area contributed by atoms with Gasteiger partial charge in [0.1, 0.15) is 23.4 Å². The molecule has 0 saturated carbocycles. The molecule has 0 radical (unpaired) electrons. The predicted octanol–water partition coefficient (Wildman–Crippen LogP) is 5.32. The van der Waals surface area contributed by atoms with Crippen LogP contribution in [0.3, 0.4) is 0 Å². The molecule has 1 rings (SSSR count). The monoisotopic (exact) mass is 537 g/mol. The average Bonchev–Trinajstić information content (AvgIpc) is 2.82. The topological polar surface area (TPSA) is 108 Å². The smallest absolute Gasteiger partial charge is 0.408 e. The number of alkyl carbamates (subject to hydrolysis) is 1. The number of phenolic OH excluding ortho intramolecular Hbond substituents is 1. The first-order valence-corrected chi connectivity index (χ1v) is 14.7. The largest absolute Gasteiger partial charge is 0.507 e. The van der Waals surface area contributed by atoms with Crippen LogP contribution in [0.4, 0.5) is 4.79 Å². The number of ether oxygens (including phenoxy) is 1. The van der Waals surface area contributed by atoms with Crippen LogP contribution in [0.15, 0.2) is 18.2 Å². The summed E-state index contributed by atoms with van der Waals surface area (Å²) in [6, 6.07) is 3.32. The third kappa shape index (κ3) is 11.2. The maximum atomic E-state index is 14.1. The Hall–Kier alpha value is -2.42. The number of aryl methyl sites for hydroxylation is 1. The summed E-state index contributed by atoms with van der Waals surface area (Å²) >= 11 is 1.57. The van der Waals surface area contributed by atoms with Crippen LogP contribution >= 0.6 is 11.8 Å². The first-order valence-electron chi connectivity index (χ1n) is 13.3. The lowest BCUT2D eigenvalue weighted by Crippen LogP contribution is -2.53. The van der Waals surface area contributed by atoms with Crippen LogP contribution in [0.2, 0.25) is 0 Å². The van der Waals surface area contributed by atoms with E-state index in [1.807, 2.05) is 13.2 Å². The molecule has 210 valence electrons. The van der Waals surface area contributed by atoms with E-state index in [1.54, 1.807) is 57.7 Å². The molecule has 0 saturated heterocycles. The van der Waals surface area contributed by atoms with Crippen LogP contribution in [-0.2, 0) is 14.3 Å². The minimum absolute atomic E-state index is 0.00722. The van der Waals surface area contributed by atoms with E-state index in [4.69, 9.17) is 4.74 Å². The van der Waals surface area contributed by atoms with Crippen LogP contribution < -0.4 is 10.6 Å². The van der Waals surface area contributed by atoms with E-state index in [0.29, 0.717) is 42.8 Å². The first kappa shape index (κ1) is 32.6. The number of carbonyl (C=O) groups excluding carboxylic acids is 3.